The number of nitrogens with zero attached hydrogens (tertiary/aromatic N) is 3. The molecule has 1 N–H and O–H groups in total. The molecule has 0 fully saturated rings. The number of carbonyl (C=O) groups is 1. The lowest BCUT2D eigenvalue weighted by Gasteiger charge is -2.07. The van der Waals surface area contributed by atoms with E-state index in [0.29, 0.717) is 29.5 Å². The molecular weight excluding hydrogens is 408 g/mol. The summed E-state index contributed by atoms with van der Waals surface area (Å²) in [6, 6.07) is 22.6. The largest absolute Gasteiger partial charge is 0.350 e. The van der Waals surface area contributed by atoms with E-state index in [1.807, 2.05) is 67.6 Å². The van der Waals surface area contributed by atoms with Crippen LogP contribution in [0.15, 0.2) is 77.6 Å². The molecule has 6 nitrogen and oxygen atoms in total. The van der Waals surface area contributed by atoms with Crippen LogP contribution in [0.5, 0.6) is 0 Å². The van der Waals surface area contributed by atoms with E-state index in [1.165, 1.54) is 22.1 Å². The average Bonchev–Trinajstić information content (AvgIpc) is 3.26. The number of hydrogen-bond acceptors (Lipinski definition) is 5. The number of rotatable bonds is 7. The minimum absolute atomic E-state index is 0.181. The summed E-state index contributed by atoms with van der Waals surface area (Å²) in [4.78, 5) is 30.4. The van der Waals surface area contributed by atoms with Crippen molar-refractivity contribution in [2.24, 2.45) is 0 Å². The van der Waals surface area contributed by atoms with Crippen LogP contribution in [-0.4, -0.2) is 27.2 Å². The van der Waals surface area contributed by atoms with Crippen molar-refractivity contribution in [3.8, 4) is 21.8 Å². The quantitative estimate of drug-likeness (QED) is 0.476. The normalized spacial score (nSPS) is 10.7. The minimum Gasteiger partial charge on any atom is -0.350 e. The lowest BCUT2D eigenvalue weighted by molar-refractivity contribution is 0.0953. The summed E-state index contributed by atoms with van der Waals surface area (Å²) >= 11 is 1.29. The molecule has 7 heteroatoms. The van der Waals surface area contributed by atoms with Crippen molar-refractivity contribution < 1.29 is 4.79 Å². The van der Waals surface area contributed by atoms with Gasteiger partial charge >= 0.3 is 0 Å². The van der Waals surface area contributed by atoms with E-state index in [4.69, 9.17) is 0 Å². The van der Waals surface area contributed by atoms with E-state index in [1.54, 1.807) is 6.07 Å². The molecule has 0 aliphatic heterocycles. The first-order valence-electron chi connectivity index (χ1n) is 10.1. The fourth-order valence-electron chi connectivity index (χ4n) is 3.14. The molecule has 31 heavy (non-hydrogen) atoms. The molecule has 0 aliphatic carbocycles. The molecule has 0 aliphatic rings. The van der Waals surface area contributed by atoms with Crippen LogP contribution < -0.4 is 10.9 Å². The predicted molar refractivity (Wildman–Crippen MR) is 123 cm³/mol. The molecule has 1 amide bonds. The number of nitrogens with one attached hydrogen (secondary N) is 1. The first-order valence-corrected chi connectivity index (χ1v) is 10.9. The van der Waals surface area contributed by atoms with E-state index in [9.17, 15) is 9.59 Å². The van der Waals surface area contributed by atoms with Crippen LogP contribution >= 0.6 is 11.3 Å². The van der Waals surface area contributed by atoms with Crippen molar-refractivity contribution >= 4 is 17.2 Å². The van der Waals surface area contributed by atoms with Gasteiger partial charge < -0.3 is 5.32 Å². The molecule has 2 heterocycles. The van der Waals surface area contributed by atoms with E-state index in [-0.39, 0.29) is 11.5 Å². The Labute approximate surface area is 184 Å². The van der Waals surface area contributed by atoms with Gasteiger partial charge in [-0.15, -0.1) is 11.3 Å². The predicted octanol–water partition coefficient (Wildman–Crippen LogP) is 4.22. The van der Waals surface area contributed by atoms with Crippen LogP contribution in [0, 0.1) is 0 Å². The molecule has 0 unspecified atom stereocenters. The first-order chi connectivity index (χ1) is 15.2. The maximum absolute atomic E-state index is 12.6. The van der Waals surface area contributed by atoms with Gasteiger partial charge in [0.25, 0.3) is 11.5 Å². The number of carbonyl (C=O) groups excluding carboxylic acids is 1. The zero-order valence-electron chi connectivity index (χ0n) is 17.1. The van der Waals surface area contributed by atoms with Crippen LogP contribution in [-0.2, 0) is 6.54 Å². The highest BCUT2D eigenvalue weighted by atomic mass is 32.1. The third-order valence-corrected chi connectivity index (χ3v) is 5.76. The van der Waals surface area contributed by atoms with Crippen molar-refractivity contribution in [1.82, 2.24) is 20.1 Å². The van der Waals surface area contributed by atoms with Gasteiger partial charge in [0.15, 0.2) is 5.01 Å². The monoisotopic (exact) mass is 430 g/mol. The van der Waals surface area contributed by atoms with Gasteiger partial charge in [0.05, 0.1) is 17.1 Å². The zero-order chi connectivity index (χ0) is 21.6. The maximum Gasteiger partial charge on any atom is 0.280 e. The molecule has 0 bridgehead atoms. The van der Waals surface area contributed by atoms with Crippen molar-refractivity contribution in [1.29, 1.82) is 0 Å². The highest BCUT2D eigenvalue weighted by Gasteiger charge is 2.20. The van der Waals surface area contributed by atoms with Gasteiger partial charge in [0, 0.05) is 18.2 Å². The summed E-state index contributed by atoms with van der Waals surface area (Å²) in [5.74, 6) is -0.201. The van der Waals surface area contributed by atoms with Gasteiger partial charge in [-0.1, -0.05) is 67.6 Å². The highest BCUT2D eigenvalue weighted by Crippen LogP contribution is 2.35. The van der Waals surface area contributed by atoms with Gasteiger partial charge in [-0.2, -0.15) is 5.10 Å². The summed E-state index contributed by atoms with van der Waals surface area (Å²) in [6.07, 6.45) is 0.849. The molecule has 2 aromatic heterocycles. The van der Waals surface area contributed by atoms with Crippen LogP contribution in [0.2, 0.25) is 0 Å². The van der Waals surface area contributed by atoms with Gasteiger partial charge in [-0.05, 0) is 18.1 Å². The first kappa shape index (κ1) is 20.7. The van der Waals surface area contributed by atoms with Crippen LogP contribution in [0.4, 0.5) is 0 Å². The second kappa shape index (κ2) is 9.49. The summed E-state index contributed by atoms with van der Waals surface area (Å²) in [6.45, 7) is 2.97. The molecule has 0 atom stereocenters. The zero-order valence-corrected chi connectivity index (χ0v) is 17.9. The van der Waals surface area contributed by atoms with E-state index < -0.39 is 0 Å². The summed E-state index contributed by atoms with van der Waals surface area (Å²) in [7, 11) is 0. The SMILES string of the molecule is CCCNC(=O)c1nc(-c2ccccc2)c(-c2ccc(=O)n(Cc3ccccc3)n2)s1. The Balaban J connectivity index is 1.77. The fraction of sp³-hybridized carbons (Fsp3) is 0.167. The van der Waals surface area contributed by atoms with Crippen LogP contribution in [0.25, 0.3) is 21.8 Å². The van der Waals surface area contributed by atoms with Crippen molar-refractivity contribution in [3.63, 3.8) is 0 Å². The fourth-order valence-corrected chi connectivity index (χ4v) is 4.11. The Morgan fingerprint density at radius 1 is 1.00 bits per heavy atom. The topological polar surface area (TPSA) is 76.9 Å². The Bertz CT molecular complexity index is 1230. The van der Waals surface area contributed by atoms with Crippen molar-refractivity contribution in [3.05, 3.63) is 93.7 Å². The molecule has 4 aromatic rings. The van der Waals surface area contributed by atoms with Gasteiger partial charge in [-0.25, -0.2) is 9.67 Å². The minimum atomic E-state index is -0.201. The maximum atomic E-state index is 12.6. The Morgan fingerprint density at radius 3 is 2.42 bits per heavy atom. The summed E-state index contributed by atoms with van der Waals surface area (Å²) in [5.41, 5.74) is 3.00. The highest BCUT2D eigenvalue weighted by molar-refractivity contribution is 7.17. The lowest BCUT2D eigenvalue weighted by Crippen LogP contribution is -2.23. The molecule has 0 saturated heterocycles. The van der Waals surface area contributed by atoms with Gasteiger partial charge in [-0.3, -0.25) is 9.59 Å². The van der Waals surface area contributed by atoms with E-state index in [0.717, 1.165) is 22.4 Å². The van der Waals surface area contributed by atoms with Gasteiger partial charge in [0.1, 0.15) is 5.69 Å². The van der Waals surface area contributed by atoms with Crippen molar-refractivity contribution in [2.45, 2.75) is 19.9 Å². The second-order valence-corrected chi connectivity index (χ2v) is 8.02. The number of benzene rings is 2. The molecule has 2 aromatic carbocycles. The third kappa shape index (κ3) is 4.78. The van der Waals surface area contributed by atoms with Crippen molar-refractivity contribution in [2.75, 3.05) is 6.54 Å². The second-order valence-electron chi connectivity index (χ2n) is 7.02. The van der Waals surface area contributed by atoms with Crippen LogP contribution in [0.3, 0.4) is 0 Å². The molecule has 0 radical (unpaired) electrons. The number of thiazole rings is 1. The summed E-state index contributed by atoms with van der Waals surface area (Å²) < 4.78 is 1.44. The number of hydrogen-bond donors (Lipinski definition) is 1. The number of aromatic nitrogens is 3. The molecule has 0 saturated carbocycles. The van der Waals surface area contributed by atoms with E-state index in [2.05, 4.69) is 15.4 Å². The van der Waals surface area contributed by atoms with Crippen LogP contribution in [0.1, 0.15) is 28.7 Å². The molecule has 0 spiro atoms. The summed E-state index contributed by atoms with van der Waals surface area (Å²) in [5, 5.41) is 7.86. The standard InChI is InChI=1S/C24H22N4O2S/c1-2-15-25-23(30)24-26-21(18-11-7-4-8-12-18)22(31-24)19-13-14-20(29)28(27-19)16-17-9-5-3-6-10-17/h3-14H,2,15-16H2,1H3,(H,25,30). The number of amides is 1. The average molecular weight is 431 g/mol. The van der Waals surface area contributed by atoms with Gasteiger partial charge in [0.2, 0.25) is 0 Å². The third-order valence-electron chi connectivity index (χ3n) is 4.68. The molecule has 4 rings (SSSR count). The smallest absolute Gasteiger partial charge is 0.280 e. The Kier molecular flexibility index (Phi) is 6.33. The van der Waals surface area contributed by atoms with E-state index >= 15 is 0 Å². The molecule has 156 valence electrons. The molecular formula is C24H22N4O2S. The Morgan fingerprint density at radius 2 is 1.71 bits per heavy atom. The lowest BCUT2D eigenvalue weighted by atomic mass is 10.1. The Hall–Kier alpha value is -3.58.